The molecule has 2 aliphatic heterocycles. The van der Waals surface area contributed by atoms with Gasteiger partial charge in [0.2, 0.25) is 5.95 Å². The van der Waals surface area contributed by atoms with Gasteiger partial charge in [-0.25, -0.2) is 27.5 Å². The lowest BCUT2D eigenvalue weighted by Crippen LogP contribution is -2.55. The van der Waals surface area contributed by atoms with E-state index in [1.807, 2.05) is 32.7 Å². The molecule has 14 heteroatoms. The zero-order valence-electron chi connectivity index (χ0n) is 24.2. The van der Waals surface area contributed by atoms with Gasteiger partial charge in [-0.05, 0) is 27.8 Å². The van der Waals surface area contributed by atoms with Crippen LogP contribution < -0.4 is 21.1 Å². The molecule has 1 unspecified atom stereocenters. The van der Waals surface area contributed by atoms with Crippen LogP contribution in [0.4, 0.5) is 29.2 Å². The van der Waals surface area contributed by atoms with Gasteiger partial charge in [0.1, 0.15) is 11.5 Å². The van der Waals surface area contributed by atoms with Crippen LogP contribution in [-0.2, 0) is 4.74 Å². The maximum Gasteiger partial charge on any atom is 0.264 e. The third-order valence-corrected chi connectivity index (χ3v) is 8.15. The molecule has 10 nitrogen and oxygen atoms in total. The first-order chi connectivity index (χ1) is 20.4. The number of rotatable bonds is 6. The van der Waals surface area contributed by atoms with Crippen LogP contribution in [0.25, 0.3) is 16.8 Å². The monoisotopic (exact) mass is 603 g/mol. The number of primary amides is 1. The number of likely N-dealkylation sites (N-methyl/N-ethyl adjacent to an activating group) is 1. The van der Waals surface area contributed by atoms with E-state index in [9.17, 15) is 18.4 Å². The molecule has 5 rings (SSSR count). The number of halogens is 4. The summed E-state index contributed by atoms with van der Waals surface area (Å²) in [5.41, 5.74) is 1.90. The van der Waals surface area contributed by atoms with E-state index in [0.29, 0.717) is 44.8 Å². The number of ether oxygens (including phenoxy) is 1. The van der Waals surface area contributed by atoms with Crippen molar-refractivity contribution in [3.63, 3.8) is 0 Å². The summed E-state index contributed by atoms with van der Waals surface area (Å²) < 4.78 is 66.2. The predicted octanol–water partition coefficient (Wildman–Crippen LogP) is 3.36. The topological polar surface area (TPSA) is 110 Å². The number of hydrogen-bond donors (Lipinski definition) is 1. The summed E-state index contributed by atoms with van der Waals surface area (Å²) in [6.45, 7) is 8.10. The standard InChI is InChI=1S/C29H33F4N7O3/c1-15-11-39(12-16(2)37(15)4)22-8-21(30)24(18-9-35-29(36-10-18)38-5-6-43-17(3)13-38)25(31)26(22)40-14-20(28(34)42)19(27(32)33)7-23(40)41/h7-10,14-17,27H,5-6,11-13H2,1-4H3,(H2,34,42)/t15-,16+,17?. The van der Waals surface area contributed by atoms with Crippen molar-refractivity contribution >= 4 is 17.5 Å². The van der Waals surface area contributed by atoms with Crippen molar-refractivity contribution in [3.8, 4) is 16.8 Å². The normalized spacial score (nSPS) is 21.5. The molecule has 1 amide bonds. The molecule has 0 spiro atoms. The van der Waals surface area contributed by atoms with Gasteiger partial charge >= 0.3 is 0 Å². The van der Waals surface area contributed by atoms with Crippen molar-refractivity contribution in [2.24, 2.45) is 5.73 Å². The summed E-state index contributed by atoms with van der Waals surface area (Å²) in [5, 5.41) is 0. The average Bonchev–Trinajstić information content (AvgIpc) is 2.95. The number of anilines is 2. The first kappa shape index (κ1) is 30.4. The number of amides is 1. The van der Waals surface area contributed by atoms with Gasteiger partial charge in [-0.1, -0.05) is 0 Å². The van der Waals surface area contributed by atoms with Gasteiger partial charge in [0, 0.05) is 80.1 Å². The van der Waals surface area contributed by atoms with Crippen LogP contribution in [0.5, 0.6) is 0 Å². The van der Waals surface area contributed by atoms with Gasteiger partial charge in [0.25, 0.3) is 17.9 Å². The van der Waals surface area contributed by atoms with Crippen molar-refractivity contribution < 1.29 is 27.1 Å². The second kappa shape index (κ2) is 11.9. The largest absolute Gasteiger partial charge is 0.375 e. The number of carbonyl (C=O) groups is 1. The Hall–Kier alpha value is -4.04. The molecule has 2 aliphatic rings. The molecular weight excluding hydrogens is 570 g/mol. The van der Waals surface area contributed by atoms with E-state index < -0.39 is 51.9 Å². The number of pyridine rings is 1. The number of nitrogens with two attached hydrogens (primary N) is 1. The summed E-state index contributed by atoms with van der Waals surface area (Å²) in [5.74, 6) is -2.94. The van der Waals surface area contributed by atoms with Crippen LogP contribution in [0, 0.1) is 11.6 Å². The molecule has 1 aromatic carbocycles. The van der Waals surface area contributed by atoms with Crippen LogP contribution in [-0.4, -0.2) is 83.4 Å². The van der Waals surface area contributed by atoms with E-state index in [2.05, 4.69) is 14.9 Å². The van der Waals surface area contributed by atoms with Gasteiger partial charge in [-0.15, -0.1) is 0 Å². The van der Waals surface area contributed by atoms with Crippen molar-refractivity contribution in [3.05, 3.63) is 63.8 Å². The minimum Gasteiger partial charge on any atom is -0.375 e. The van der Waals surface area contributed by atoms with Gasteiger partial charge in [0.15, 0.2) is 5.82 Å². The molecule has 0 bridgehead atoms. The Labute approximate surface area is 245 Å². The highest BCUT2D eigenvalue weighted by Gasteiger charge is 2.32. The minimum absolute atomic E-state index is 0.000320. The Balaban J connectivity index is 1.69. The Morgan fingerprint density at radius 1 is 1.05 bits per heavy atom. The maximum absolute atomic E-state index is 16.7. The Bertz CT molecular complexity index is 1570. The van der Waals surface area contributed by atoms with Gasteiger partial charge < -0.3 is 20.3 Å². The van der Waals surface area contributed by atoms with Crippen LogP contribution in [0.2, 0.25) is 0 Å². The third-order valence-electron chi connectivity index (χ3n) is 8.15. The first-order valence-corrected chi connectivity index (χ1v) is 13.9. The maximum atomic E-state index is 16.7. The molecule has 3 atom stereocenters. The highest BCUT2D eigenvalue weighted by molar-refractivity contribution is 5.94. The van der Waals surface area contributed by atoms with Crippen molar-refractivity contribution in [2.75, 3.05) is 49.6 Å². The third kappa shape index (κ3) is 5.80. The first-order valence-electron chi connectivity index (χ1n) is 13.9. The number of hydrogen-bond acceptors (Lipinski definition) is 8. The zero-order valence-corrected chi connectivity index (χ0v) is 24.2. The van der Waals surface area contributed by atoms with E-state index in [1.165, 1.54) is 12.4 Å². The lowest BCUT2D eigenvalue weighted by molar-refractivity contribution is 0.0526. The van der Waals surface area contributed by atoms with E-state index >= 15 is 8.78 Å². The Morgan fingerprint density at radius 2 is 1.70 bits per heavy atom. The highest BCUT2D eigenvalue weighted by Crippen LogP contribution is 2.38. The molecular formula is C29H33F4N7O3. The number of benzene rings is 1. The molecule has 3 aromatic rings. The fourth-order valence-corrected chi connectivity index (χ4v) is 5.65. The van der Waals surface area contributed by atoms with Crippen LogP contribution >= 0.6 is 0 Å². The number of carbonyl (C=O) groups excluding carboxylic acids is 1. The van der Waals surface area contributed by atoms with Crippen LogP contribution in [0.15, 0.2) is 35.5 Å². The van der Waals surface area contributed by atoms with E-state index in [0.717, 1.165) is 16.8 Å². The Morgan fingerprint density at radius 3 is 2.28 bits per heavy atom. The summed E-state index contributed by atoms with van der Waals surface area (Å²) in [6.07, 6.45) is 0.137. The summed E-state index contributed by atoms with van der Waals surface area (Å²) in [6, 6.07) is 1.61. The summed E-state index contributed by atoms with van der Waals surface area (Å²) >= 11 is 0. The smallest absolute Gasteiger partial charge is 0.264 e. The molecule has 43 heavy (non-hydrogen) atoms. The zero-order chi connectivity index (χ0) is 31.2. The fraction of sp³-hybridized carbons (Fsp3) is 0.448. The lowest BCUT2D eigenvalue weighted by atomic mass is 10.0. The molecule has 0 saturated carbocycles. The molecule has 230 valence electrons. The Kier molecular flexibility index (Phi) is 8.43. The van der Waals surface area contributed by atoms with Crippen molar-refractivity contribution in [1.82, 2.24) is 19.4 Å². The number of nitrogens with zero attached hydrogens (tertiary/aromatic N) is 6. The van der Waals surface area contributed by atoms with Crippen molar-refractivity contribution in [2.45, 2.75) is 45.4 Å². The van der Waals surface area contributed by atoms with Crippen molar-refractivity contribution in [1.29, 1.82) is 0 Å². The van der Waals surface area contributed by atoms with Gasteiger partial charge in [-0.3, -0.25) is 19.1 Å². The number of alkyl halides is 2. The second-order valence-corrected chi connectivity index (χ2v) is 11.1. The number of morpholine rings is 1. The lowest BCUT2D eigenvalue weighted by Gasteiger charge is -2.44. The molecule has 2 N–H and O–H groups in total. The predicted molar refractivity (Wildman–Crippen MR) is 153 cm³/mol. The number of piperazine rings is 1. The average molecular weight is 604 g/mol. The molecule has 2 aromatic heterocycles. The minimum atomic E-state index is -3.18. The quantitative estimate of drug-likeness (QED) is 0.428. The van der Waals surface area contributed by atoms with E-state index in [1.54, 1.807) is 4.90 Å². The van der Waals surface area contributed by atoms with E-state index in [-0.39, 0.29) is 29.4 Å². The molecule has 0 radical (unpaired) electrons. The second-order valence-electron chi connectivity index (χ2n) is 11.1. The highest BCUT2D eigenvalue weighted by atomic mass is 19.3. The summed E-state index contributed by atoms with van der Waals surface area (Å²) in [4.78, 5) is 39.7. The fourth-order valence-electron chi connectivity index (χ4n) is 5.65. The summed E-state index contributed by atoms with van der Waals surface area (Å²) in [7, 11) is 1.94. The van der Waals surface area contributed by atoms with Gasteiger partial charge in [0.05, 0.1) is 29.5 Å². The number of aromatic nitrogens is 3. The molecule has 4 heterocycles. The molecule has 2 fully saturated rings. The van der Waals surface area contributed by atoms with Crippen LogP contribution in [0.3, 0.4) is 0 Å². The van der Waals surface area contributed by atoms with Crippen LogP contribution in [0.1, 0.15) is 43.1 Å². The van der Waals surface area contributed by atoms with Gasteiger partial charge in [-0.2, -0.15) is 0 Å². The van der Waals surface area contributed by atoms with E-state index in [4.69, 9.17) is 10.5 Å². The molecule has 2 saturated heterocycles. The SMILES string of the molecule is CC1CN(c2ncc(-c3c(F)cc(N4C[C@@H](C)N(C)[C@@H](C)C4)c(-n4cc(C(N)=O)c(C(F)F)cc4=O)c3F)cn2)CCO1. The molecule has 0 aliphatic carbocycles.